The second kappa shape index (κ2) is 2.59. The summed E-state index contributed by atoms with van der Waals surface area (Å²) >= 11 is 0. The average molecular weight is 153 g/mol. The zero-order valence-corrected chi connectivity index (χ0v) is 6.75. The fourth-order valence-electron chi connectivity index (χ4n) is 2.56. The molecular weight excluding hydrogens is 138 g/mol. The molecule has 11 heavy (non-hydrogen) atoms. The molecule has 0 aromatic rings. The minimum Gasteiger partial charge on any atom is -0.327 e. The highest BCUT2D eigenvalue weighted by molar-refractivity contribution is 5.80. The number of fused-ring (bicyclic) bond motifs is 2. The predicted molar refractivity (Wildman–Crippen MR) is 43.0 cm³/mol. The number of hydrogen-bond acceptors (Lipinski definition) is 2. The summed E-state index contributed by atoms with van der Waals surface area (Å²) in [4.78, 5) is 11.2. The number of nitrogens with two attached hydrogens (primary N) is 1. The maximum Gasteiger partial charge on any atom is 0.133 e. The van der Waals surface area contributed by atoms with Gasteiger partial charge in [0.25, 0.3) is 0 Å². The van der Waals surface area contributed by atoms with E-state index in [0.717, 1.165) is 12.8 Å². The molecule has 0 aromatic carbocycles. The third-order valence-electron chi connectivity index (χ3n) is 3.22. The van der Waals surface area contributed by atoms with Gasteiger partial charge in [-0.05, 0) is 24.7 Å². The number of rotatable bonds is 0. The molecular formula is C9H15NO. The molecule has 2 atom stereocenters. The van der Waals surface area contributed by atoms with Crippen LogP contribution in [0.1, 0.15) is 32.1 Å². The number of carbonyl (C=O) groups is 1. The fraction of sp³-hybridized carbons (Fsp3) is 0.889. The first-order valence-electron chi connectivity index (χ1n) is 4.54. The highest BCUT2D eigenvalue weighted by atomic mass is 16.1. The molecule has 0 aliphatic heterocycles. The molecule has 0 spiro atoms. The van der Waals surface area contributed by atoms with Crippen molar-refractivity contribution in [3.8, 4) is 0 Å². The first kappa shape index (κ1) is 7.29. The van der Waals surface area contributed by atoms with Crippen molar-refractivity contribution in [2.24, 2.45) is 17.6 Å². The van der Waals surface area contributed by atoms with Gasteiger partial charge < -0.3 is 5.73 Å². The monoisotopic (exact) mass is 153 g/mol. The SMILES string of the molecule is NC1C2CCCC1CC(=O)C2. The van der Waals surface area contributed by atoms with Crippen molar-refractivity contribution in [1.29, 1.82) is 0 Å². The Hall–Kier alpha value is -0.370. The van der Waals surface area contributed by atoms with Crippen LogP contribution in [0.2, 0.25) is 0 Å². The molecule has 0 radical (unpaired) electrons. The van der Waals surface area contributed by atoms with Gasteiger partial charge in [0.05, 0.1) is 0 Å². The Labute approximate surface area is 67.1 Å². The van der Waals surface area contributed by atoms with Crippen LogP contribution in [-0.4, -0.2) is 11.8 Å². The molecule has 2 rings (SSSR count). The maximum atomic E-state index is 11.2. The van der Waals surface area contributed by atoms with Gasteiger partial charge in [0.2, 0.25) is 0 Å². The van der Waals surface area contributed by atoms with Crippen LogP contribution in [-0.2, 0) is 4.79 Å². The van der Waals surface area contributed by atoms with Gasteiger partial charge in [0, 0.05) is 18.9 Å². The number of Topliss-reactive ketones (excluding diaryl/α,β-unsaturated/α-hetero) is 1. The molecule has 2 saturated carbocycles. The van der Waals surface area contributed by atoms with Crippen LogP contribution in [0.3, 0.4) is 0 Å². The van der Waals surface area contributed by atoms with E-state index < -0.39 is 0 Å². The molecule has 0 heterocycles. The van der Waals surface area contributed by atoms with E-state index in [1.165, 1.54) is 19.3 Å². The molecule has 0 amide bonds. The normalized spacial score (nSPS) is 44.1. The van der Waals surface area contributed by atoms with Gasteiger partial charge in [0.1, 0.15) is 5.78 Å². The van der Waals surface area contributed by atoms with Crippen LogP contribution in [0.25, 0.3) is 0 Å². The summed E-state index contributed by atoms with van der Waals surface area (Å²) in [6, 6.07) is 0.335. The van der Waals surface area contributed by atoms with Crippen molar-refractivity contribution in [1.82, 2.24) is 0 Å². The molecule has 2 N–H and O–H groups in total. The average Bonchev–Trinajstić information content (AvgIpc) is 1.92. The van der Waals surface area contributed by atoms with Gasteiger partial charge in [-0.1, -0.05) is 6.42 Å². The summed E-state index contributed by atoms with van der Waals surface area (Å²) in [6.07, 6.45) is 5.18. The van der Waals surface area contributed by atoms with Crippen molar-refractivity contribution >= 4 is 5.78 Å². The van der Waals surface area contributed by atoms with Gasteiger partial charge in [0.15, 0.2) is 0 Å². The lowest BCUT2D eigenvalue weighted by Gasteiger charge is -2.39. The quantitative estimate of drug-likeness (QED) is 0.566. The largest absolute Gasteiger partial charge is 0.327 e. The van der Waals surface area contributed by atoms with Crippen LogP contribution < -0.4 is 5.73 Å². The third kappa shape index (κ3) is 1.20. The summed E-state index contributed by atoms with van der Waals surface area (Å²) in [6.45, 7) is 0. The summed E-state index contributed by atoms with van der Waals surface area (Å²) in [5.41, 5.74) is 5.99. The minimum atomic E-state index is 0.335. The van der Waals surface area contributed by atoms with Crippen LogP contribution >= 0.6 is 0 Å². The molecule has 2 aliphatic rings. The van der Waals surface area contributed by atoms with Gasteiger partial charge in [-0.15, -0.1) is 0 Å². The predicted octanol–water partition coefficient (Wildman–Crippen LogP) is 1.09. The van der Waals surface area contributed by atoms with E-state index in [-0.39, 0.29) is 0 Å². The zero-order valence-electron chi connectivity index (χ0n) is 6.75. The second-order valence-electron chi connectivity index (χ2n) is 3.98. The van der Waals surface area contributed by atoms with E-state index >= 15 is 0 Å². The van der Waals surface area contributed by atoms with Crippen LogP contribution in [0, 0.1) is 11.8 Å². The Morgan fingerprint density at radius 2 is 1.73 bits per heavy atom. The standard InChI is InChI=1S/C9H15NO/c10-9-6-2-1-3-7(9)5-8(11)4-6/h6-7,9H,1-5,10H2. The van der Waals surface area contributed by atoms with E-state index in [4.69, 9.17) is 5.73 Å². The Morgan fingerprint density at radius 3 is 2.27 bits per heavy atom. The first-order valence-corrected chi connectivity index (χ1v) is 4.54. The van der Waals surface area contributed by atoms with E-state index in [1.807, 2.05) is 0 Å². The van der Waals surface area contributed by atoms with Crippen molar-refractivity contribution in [3.63, 3.8) is 0 Å². The van der Waals surface area contributed by atoms with E-state index in [1.54, 1.807) is 0 Å². The summed E-state index contributed by atoms with van der Waals surface area (Å²) in [5.74, 6) is 1.49. The van der Waals surface area contributed by atoms with E-state index in [9.17, 15) is 4.79 Å². The lowest BCUT2D eigenvalue weighted by molar-refractivity contribution is -0.124. The Kier molecular flexibility index (Phi) is 1.72. The highest BCUT2D eigenvalue weighted by Gasteiger charge is 2.37. The van der Waals surface area contributed by atoms with E-state index in [2.05, 4.69) is 0 Å². The molecule has 62 valence electrons. The number of hydrogen-bond donors (Lipinski definition) is 1. The topological polar surface area (TPSA) is 43.1 Å². The number of carbonyl (C=O) groups excluding carboxylic acids is 1. The van der Waals surface area contributed by atoms with Gasteiger partial charge in [-0.2, -0.15) is 0 Å². The summed E-state index contributed by atoms with van der Waals surface area (Å²) in [7, 11) is 0. The van der Waals surface area contributed by atoms with Crippen LogP contribution in [0.15, 0.2) is 0 Å². The van der Waals surface area contributed by atoms with Crippen molar-refractivity contribution in [2.45, 2.75) is 38.1 Å². The number of ketones is 1. The van der Waals surface area contributed by atoms with Crippen molar-refractivity contribution < 1.29 is 4.79 Å². The van der Waals surface area contributed by atoms with Crippen LogP contribution in [0.4, 0.5) is 0 Å². The lowest BCUT2D eigenvalue weighted by atomic mass is 9.68. The Balaban J connectivity index is 2.12. The second-order valence-corrected chi connectivity index (χ2v) is 3.98. The zero-order chi connectivity index (χ0) is 7.84. The smallest absolute Gasteiger partial charge is 0.133 e. The van der Waals surface area contributed by atoms with Gasteiger partial charge in [-0.3, -0.25) is 4.79 Å². The maximum absolute atomic E-state index is 11.2. The molecule has 2 unspecified atom stereocenters. The highest BCUT2D eigenvalue weighted by Crippen LogP contribution is 2.37. The van der Waals surface area contributed by atoms with Crippen LogP contribution in [0.5, 0.6) is 0 Å². The minimum absolute atomic E-state index is 0.335. The molecule has 0 saturated heterocycles. The van der Waals surface area contributed by atoms with Gasteiger partial charge in [-0.25, -0.2) is 0 Å². The fourth-order valence-corrected chi connectivity index (χ4v) is 2.56. The molecule has 2 bridgehead atoms. The molecule has 2 aliphatic carbocycles. The molecule has 2 nitrogen and oxygen atoms in total. The van der Waals surface area contributed by atoms with Crippen molar-refractivity contribution in [2.75, 3.05) is 0 Å². The lowest BCUT2D eigenvalue weighted by Crippen LogP contribution is -2.46. The third-order valence-corrected chi connectivity index (χ3v) is 3.22. The summed E-state index contributed by atoms with van der Waals surface area (Å²) in [5, 5.41) is 0. The van der Waals surface area contributed by atoms with Crippen molar-refractivity contribution in [3.05, 3.63) is 0 Å². The van der Waals surface area contributed by atoms with E-state index in [0.29, 0.717) is 23.7 Å². The summed E-state index contributed by atoms with van der Waals surface area (Å²) < 4.78 is 0. The first-order chi connectivity index (χ1) is 5.27. The van der Waals surface area contributed by atoms with Gasteiger partial charge >= 0.3 is 0 Å². The Morgan fingerprint density at radius 1 is 1.18 bits per heavy atom. The Bertz CT molecular complexity index is 162. The molecule has 2 fully saturated rings. The molecule has 2 heteroatoms. The molecule has 0 aromatic heterocycles.